The molecule has 82 valence electrons. The van der Waals surface area contributed by atoms with E-state index in [2.05, 4.69) is 0 Å². The molecule has 4 heteroatoms. The Morgan fingerprint density at radius 3 is 2.53 bits per heavy atom. The van der Waals surface area contributed by atoms with E-state index in [-0.39, 0.29) is 11.8 Å². The number of carbonyl (C=O) groups excluding carboxylic acids is 1. The predicted octanol–water partition coefficient (Wildman–Crippen LogP) is 1.90. The molecule has 0 aliphatic heterocycles. The van der Waals surface area contributed by atoms with Gasteiger partial charge in [0.25, 0.3) is 0 Å². The number of phenols is 1. The Bertz CT molecular complexity index is 350. The number of nitrogens with zero attached hydrogens (tertiary/aromatic N) is 2. The molecule has 15 heavy (non-hydrogen) atoms. The van der Waals surface area contributed by atoms with Gasteiger partial charge in [-0.15, -0.1) is 0 Å². The molecule has 0 atom stereocenters. The molecule has 1 aromatic rings. The molecule has 0 unspecified atom stereocenters. The van der Waals surface area contributed by atoms with Gasteiger partial charge < -0.3 is 10.0 Å². The average Bonchev–Trinajstić information content (AvgIpc) is 2.18. The smallest absolute Gasteiger partial charge is 0.323 e. The standard InChI is InChI=1S/C11H16N2O2/c1-4-13(11(15)12(2)3)9-6-5-7-10(14)8-9/h5-8,14H,4H2,1-3H3. The van der Waals surface area contributed by atoms with Crippen LogP contribution in [0.1, 0.15) is 6.92 Å². The van der Waals surface area contributed by atoms with Gasteiger partial charge in [-0.2, -0.15) is 0 Å². The summed E-state index contributed by atoms with van der Waals surface area (Å²) in [6, 6.07) is 6.58. The molecule has 0 spiro atoms. The van der Waals surface area contributed by atoms with E-state index in [1.807, 2.05) is 6.92 Å². The molecule has 0 aliphatic carbocycles. The van der Waals surface area contributed by atoms with Gasteiger partial charge in [-0.05, 0) is 19.1 Å². The maximum atomic E-state index is 11.8. The van der Waals surface area contributed by atoms with Crippen LogP contribution in [0.5, 0.6) is 5.75 Å². The zero-order chi connectivity index (χ0) is 11.4. The lowest BCUT2D eigenvalue weighted by atomic mass is 10.3. The fourth-order valence-corrected chi connectivity index (χ4v) is 1.33. The monoisotopic (exact) mass is 208 g/mol. The maximum Gasteiger partial charge on any atom is 0.323 e. The minimum Gasteiger partial charge on any atom is -0.508 e. The summed E-state index contributed by atoms with van der Waals surface area (Å²) < 4.78 is 0. The highest BCUT2D eigenvalue weighted by molar-refractivity contribution is 5.91. The number of rotatable bonds is 2. The fraction of sp³-hybridized carbons (Fsp3) is 0.364. The molecule has 0 bridgehead atoms. The third kappa shape index (κ3) is 2.62. The SMILES string of the molecule is CCN(C(=O)N(C)C)c1cccc(O)c1. The van der Waals surface area contributed by atoms with E-state index in [1.165, 1.54) is 4.90 Å². The second-order valence-electron chi connectivity index (χ2n) is 3.44. The normalized spacial score (nSPS) is 9.80. The average molecular weight is 208 g/mol. The maximum absolute atomic E-state index is 11.8. The van der Waals surface area contributed by atoms with Crippen LogP contribution >= 0.6 is 0 Å². The molecule has 4 nitrogen and oxygen atoms in total. The fourth-order valence-electron chi connectivity index (χ4n) is 1.33. The van der Waals surface area contributed by atoms with E-state index in [9.17, 15) is 9.90 Å². The van der Waals surface area contributed by atoms with Crippen LogP contribution in [-0.2, 0) is 0 Å². The van der Waals surface area contributed by atoms with Gasteiger partial charge in [0.2, 0.25) is 0 Å². The van der Waals surface area contributed by atoms with Crippen molar-refractivity contribution < 1.29 is 9.90 Å². The molecule has 0 heterocycles. The summed E-state index contributed by atoms with van der Waals surface area (Å²) in [5.41, 5.74) is 0.705. The topological polar surface area (TPSA) is 43.8 Å². The van der Waals surface area contributed by atoms with Gasteiger partial charge in [-0.3, -0.25) is 4.90 Å². The highest BCUT2D eigenvalue weighted by atomic mass is 16.3. The Balaban J connectivity index is 2.97. The number of benzene rings is 1. The second kappa shape index (κ2) is 4.68. The van der Waals surface area contributed by atoms with E-state index < -0.39 is 0 Å². The van der Waals surface area contributed by atoms with E-state index in [0.717, 1.165) is 0 Å². The van der Waals surface area contributed by atoms with Gasteiger partial charge in [0, 0.05) is 32.4 Å². The first-order chi connectivity index (χ1) is 7.06. The summed E-state index contributed by atoms with van der Waals surface area (Å²) in [6.45, 7) is 2.46. The number of aromatic hydroxyl groups is 1. The number of phenolic OH excluding ortho intramolecular Hbond substituents is 1. The van der Waals surface area contributed by atoms with Gasteiger partial charge in [0.15, 0.2) is 0 Å². The van der Waals surface area contributed by atoms with Crippen molar-refractivity contribution in [2.75, 3.05) is 25.5 Å². The number of urea groups is 1. The summed E-state index contributed by atoms with van der Waals surface area (Å²) in [4.78, 5) is 14.9. The predicted molar refractivity (Wildman–Crippen MR) is 60.2 cm³/mol. The van der Waals surface area contributed by atoms with Crippen molar-refractivity contribution in [3.8, 4) is 5.75 Å². The zero-order valence-electron chi connectivity index (χ0n) is 9.27. The molecule has 0 aromatic heterocycles. The van der Waals surface area contributed by atoms with E-state index in [1.54, 1.807) is 43.3 Å². The number of hydrogen-bond acceptors (Lipinski definition) is 2. The number of hydrogen-bond donors (Lipinski definition) is 1. The van der Waals surface area contributed by atoms with E-state index in [4.69, 9.17) is 0 Å². The minimum absolute atomic E-state index is 0.0944. The first-order valence-corrected chi connectivity index (χ1v) is 4.84. The van der Waals surface area contributed by atoms with Gasteiger partial charge >= 0.3 is 6.03 Å². The molecule has 0 aliphatic rings. The number of anilines is 1. The van der Waals surface area contributed by atoms with Crippen LogP contribution < -0.4 is 4.90 Å². The first kappa shape index (κ1) is 11.4. The van der Waals surface area contributed by atoms with Crippen LogP contribution in [0.15, 0.2) is 24.3 Å². The summed E-state index contributed by atoms with van der Waals surface area (Å²) in [5, 5.41) is 9.33. The number of amides is 2. The summed E-state index contributed by atoms with van der Waals surface area (Å²) in [7, 11) is 3.40. The van der Waals surface area contributed by atoms with Crippen LogP contribution in [-0.4, -0.2) is 36.7 Å². The van der Waals surface area contributed by atoms with E-state index >= 15 is 0 Å². The number of carbonyl (C=O) groups is 1. The van der Waals surface area contributed by atoms with Crippen molar-refractivity contribution in [1.82, 2.24) is 4.90 Å². The Morgan fingerprint density at radius 1 is 1.40 bits per heavy atom. The van der Waals surface area contributed by atoms with Crippen LogP contribution in [0.4, 0.5) is 10.5 Å². The highest BCUT2D eigenvalue weighted by Crippen LogP contribution is 2.20. The Morgan fingerprint density at radius 2 is 2.07 bits per heavy atom. The molecule has 1 aromatic carbocycles. The van der Waals surface area contributed by atoms with Crippen LogP contribution in [0.3, 0.4) is 0 Å². The van der Waals surface area contributed by atoms with Crippen molar-refractivity contribution in [3.05, 3.63) is 24.3 Å². The third-order valence-corrected chi connectivity index (χ3v) is 2.07. The van der Waals surface area contributed by atoms with Crippen LogP contribution in [0.2, 0.25) is 0 Å². The van der Waals surface area contributed by atoms with Crippen molar-refractivity contribution in [3.63, 3.8) is 0 Å². The zero-order valence-corrected chi connectivity index (χ0v) is 9.27. The lowest BCUT2D eigenvalue weighted by Crippen LogP contribution is -2.39. The molecule has 1 N–H and O–H groups in total. The Kier molecular flexibility index (Phi) is 3.55. The summed E-state index contributed by atoms with van der Waals surface area (Å²) >= 11 is 0. The molecule has 0 saturated heterocycles. The van der Waals surface area contributed by atoms with Crippen molar-refractivity contribution in [1.29, 1.82) is 0 Å². The van der Waals surface area contributed by atoms with Gasteiger partial charge in [0.1, 0.15) is 5.75 Å². The van der Waals surface area contributed by atoms with Gasteiger partial charge in [-0.1, -0.05) is 6.07 Å². The quantitative estimate of drug-likeness (QED) is 0.806. The van der Waals surface area contributed by atoms with Crippen LogP contribution in [0, 0.1) is 0 Å². The molecule has 0 saturated carbocycles. The molecule has 2 amide bonds. The Labute approximate surface area is 89.7 Å². The van der Waals surface area contributed by atoms with E-state index in [0.29, 0.717) is 12.2 Å². The van der Waals surface area contributed by atoms with Crippen molar-refractivity contribution in [2.24, 2.45) is 0 Å². The molecule has 0 fully saturated rings. The van der Waals surface area contributed by atoms with Gasteiger partial charge in [0.05, 0.1) is 0 Å². The molecular weight excluding hydrogens is 192 g/mol. The Hall–Kier alpha value is -1.71. The van der Waals surface area contributed by atoms with Crippen LogP contribution in [0.25, 0.3) is 0 Å². The van der Waals surface area contributed by atoms with Crippen molar-refractivity contribution >= 4 is 11.7 Å². The second-order valence-corrected chi connectivity index (χ2v) is 3.44. The molecule has 0 radical (unpaired) electrons. The lowest BCUT2D eigenvalue weighted by Gasteiger charge is -2.24. The third-order valence-electron chi connectivity index (χ3n) is 2.07. The highest BCUT2D eigenvalue weighted by Gasteiger charge is 2.15. The summed E-state index contributed by atoms with van der Waals surface area (Å²) in [5.74, 6) is 0.164. The van der Waals surface area contributed by atoms with Crippen molar-refractivity contribution in [2.45, 2.75) is 6.92 Å². The molecular formula is C11H16N2O2. The minimum atomic E-state index is -0.0944. The van der Waals surface area contributed by atoms with Gasteiger partial charge in [-0.25, -0.2) is 4.79 Å². The first-order valence-electron chi connectivity index (χ1n) is 4.84. The molecule has 1 rings (SSSR count). The summed E-state index contributed by atoms with van der Waals surface area (Å²) in [6.07, 6.45) is 0. The lowest BCUT2D eigenvalue weighted by molar-refractivity contribution is 0.224. The largest absolute Gasteiger partial charge is 0.508 e.